The molecule has 3 aromatic rings. The van der Waals surface area contributed by atoms with Crippen molar-refractivity contribution in [3.05, 3.63) is 34.8 Å². The third kappa shape index (κ3) is 5.95. The van der Waals surface area contributed by atoms with Crippen LogP contribution in [0.15, 0.2) is 33.8 Å². The number of hydrogen-bond donors (Lipinski definition) is 1. The van der Waals surface area contributed by atoms with Gasteiger partial charge in [-0.3, -0.25) is 14.4 Å². The Labute approximate surface area is 185 Å². The summed E-state index contributed by atoms with van der Waals surface area (Å²) in [4.78, 5) is 40.6. The van der Waals surface area contributed by atoms with Crippen LogP contribution in [0.4, 0.5) is 5.82 Å². The van der Waals surface area contributed by atoms with E-state index in [0.29, 0.717) is 22.1 Å². The van der Waals surface area contributed by atoms with Crippen LogP contribution in [-0.2, 0) is 25.7 Å². The number of anilines is 1. The van der Waals surface area contributed by atoms with Gasteiger partial charge in [0.15, 0.2) is 10.6 Å². The Kier molecular flexibility index (Phi) is 7.47. The first-order chi connectivity index (χ1) is 14.9. The summed E-state index contributed by atoms with van der Waals surface area (Å²) >= 11 is 2.38. The van der Waals surface area contributed by atoms with Crippen molar-refractivity contribution >= 4 is 56.9 Å². The van der Waals surface area contributed by atoms with Crippen molar-refractivity contribution in [3.8, 4) is 5.75 Å². The lowest BCUT2D eigenvalue weighted by molar-refractivity contribution is -0.141. The highest BCUT2D eigenvalue weighted by atomic mass is 32.2. The third-order valence-electron chi connectivity index (χ3n) is 3.98. The van der Waals surface area contributed by atoms with Crippen LogP contribution in [0.3, 0.4) is 0 Å². The van der Waals surface area contributed by atoms with E-state index in [1.165, 1.54) is 18.4 Å². The molecule has 0 bridgehead atoms. The fourth-order valence-electron chi connectivity index (χ4n) is 2.59. The van der Waals surface area contributed by atoms with Crippen molar-refractivity contribution in [1.82, 2.24) is 9.72 Å². The van der Waals surface area contributed by atoms with Crippen LogP contribution < -0.4 is 14.9 Å². The van der Waals surface area contributed by atoms with Gasteiger partial charge in [-0.05, 0) is 25.1 Å². The normalized spacial score (nSPS) is 11.5. The number of aryl methyl sites for hydroxylation is 1. The van der Waals surface area contributed by atoms with Gasteiger partial charge in [-0.1, -0.05) is 16.5 Å². The molecule has 2 aromatic heterocycles. The number of carbonyl (C=O) groups excluding carboxylic acids is 3. The highest BCUT2D eigenvalue weighted by Crippen LogP contribution is 2.23. The molecule has 0 aliphatic rings. The molecule has 10 nitrogen and oxygen atoms in total. The van der Waals surface area contributed by atoms with Crippen LogP contribution in [0.1, 0.15) is 5.76 Å². The van der Waals surface area contributed by atoms with Crippen LogP contribution >= 0.6 is 23.1 Å². The lowest BCUT2D eigenvalue weighted by Crippen LogP contribution is -2.23. The zero-order chi connectivity index (χ0) is 22.4. The maximum atomic E-state index is 12.4. The molecule has 0 saturated carbocycles. The Morgan fingerprint density at radius 2 is 2.06 bits per heavy atom. The number of esters is 1. The summed E-state index contributed by atoms with van der Waals surface area (Å²) in [5.41, 5.74) is 0.734. The van der Waals surface area contributed by atoms with Gasteiger partial charge < -0.3 is 23.9 Å². The summed E-state index contributed by atoms with van der Waals surface area (Å²) in [7, 11) is 2.85. The van der Waals surface area contributed by atoms with E-state index in [2.05, 4.69) is 15.5 Å². The molecule has 0 spiro atoms. The molecule has 0 atom stereocenters. The number of rotatable bonds is 8. The first-order valence-electron chi connectivity index (χ1n) is 9.02. The molecule has 3 rings (SSSR count). The average Bonchev–Trinajstić information content (AvgIpc) is 3.30. The molecule has 0 aliphatic carbocycles. The fourth-order valence-corrected chi connectivity index (χ4v) is 4.26. The summed E-state index contributed by atoms with van der Waals surface area (Å²) in [6.45, 7) is 1.63. The second-order valence-corrected chi connectivity index (χ2v) is 8.24. The quantitative estimate of drug-likeness (QED) is 0.502. The fraction of sp³-hybridized carbons (Fsp3) is 0.316. The summed E-state index contributed by atoms with van der Waals surface area (Å²) in [6, 6.07) is 6.96. The average molecular weight is 465 g/mol. The van der Waals surface area contributed by atoms with Crippen molar-refractivity contribution in [1.29, 1.82) is 0 Å². The number of thioether (sulfide) groups is 1. The lowest BCUT2D eigenvalue weighted by Gasteiger charge is -2.04. The predicted molar refractivity (Wildman–Crippen MR) is 116 cm³/mol. The second kappa shape index (κ2) is 10.3. The van der Waals surface area contributed by atoms with Gasteiger partial charge in [-0.25, -0.2) is 0 Å². The van der Waals surface area contributed by atoms with E-state index in [0.717, 1.165) is 22.0 Å². The van der Waals surface area contributed by atoms with E-state index in [-0.39, 0.29) is 24.0 Å². The Morgan fingerprint density at radius 3 is 2.74 bits per heavy atom. The van der Waals surface area contributed by atoms with Crippen molar-refractivity contribution in [2.24, 2.45) is 4.99 Å². The van der Waals surface area contributed by atoms with Gasteiger partial charge in [-0.15, -0.1) is 11.8 Å². The number of benzene rings is 1. The van der Waals surface area contributed by atoms with E-state index in [4.69, 9.17) is 14.0 Å². The number of amides is 2. The third-order valence-corrected chi connectivity index (χ3v) is 5.94. The Bertz CT molecular complexity index is 1180. The van der Waals surface area contributed by atoms with Gasteiger partial charge in [0.25, 0.3) is 5.91 Å². The van der Waals surface area contributed by atoms with E-state index >= 15 is 0 Å². The molecule has 2 amide bonds. The molecule has 2 heterocycles. The van der Waals surface area contributed by atoms with E-state index in [9.17, 15) is 14.4 Å². The number of thiazole rings is 1. The molecule has 0 unspecified atom stereocenters. The molecule has 12 heteroatoms. The summed E-state index contributed by atoms with van der Waals surface area (Å²) in [6.07, 6.45) is 0. The van der Waals surface area contributed by atoms with Crippen LogP contribution in [0, 0.1) is 6.92 Å². The largest absolute Gasteiger partial charge is 0.497 e. The highest BCUT2D eigenvalue weighted by molar-refractivity contribution is 8.00. The van der Waals surface area contributed by atoms with Crippen LogP contribution in [-0.4, -0.2) is 53.2 Å². The number of nitrogens with zero attached hydrogens (tertiary/aromatic N) is 3. The summed E-state index contributed by atoms with van der Waals surface area (Å²) < 4.78 is 17.3. The molecule has 0 fully saturated rings. The number of aromatic nitrogens is 2. The van der Waals surface area contributed by atoms with Crippen molar-refractivity contribution < 1.29 is 28.4 Å². The summed E-state index contributed by atoms with van der Waals surface area (Å²) in [5.74, 6) is 0.425. The molecule has 164 valence electrons. The predicted octanol–water partition coefficient (Wildman–Crippen LogP) is 1.98. The zero-order valence-electron chi connectivity index (χ0n) is 17.0. The second-order valence-electron chi connectivity index (χ2n) is 6.25. The van der Waals surface area contributed by atoms with E-state index in [1.807, 2.05) is 6.07 Å². The lowest BCUT2D eigenvalue weighted by atomic mass is 10.3. The molecular formula is C19H20N4O6S2. The number of hydrogen-bond acceptors (Lipinski definition) is 9. The molecule has 0 radical (unpaired) electrons. The highest BCUT2D eigenvalue weighted by Gasteiger charge is 2.13. The molecule has 31 heavy (non-hydrogen) atoms. The topological polar surface area (TPSA) is 125 Å². The summed E-state index contributed by atoms with van der Waals surface area (Å²) in [5, 5.41) is 6.26. The Morgan fingerprint density at radius 1 is 1.26 bits per heavy atom. The number of nitrogens with one attached hydrogen (secondary N) is 1. The van der Waals surface area contributed by atoms with Gasteiger partial charge in [0, 0.05) is 6.07 Å². The molecule has 0 aliphatic heterocycles. The number of carbonyl (C=O) groups is 3. The first kappa shape index (κ1) is 22.6. The maximum Gasteiger partial charge on any atom is 0.325 e. The number of ether oxygens (including phenoxy) is 2. The Hall–Kier alpha value is -3.12. The van der Waals surface area contributed by atoms with Gasteiger partial charge >= 0.3 is 5.97 Å². The van der Waals surface area contributed by atoms with Crippen LogP contribution in [0.25, 0.3) is 10.2 Å². The smallest absolute Gasteiger partial charge is 0.325 e. The van der Waals surface area contributed by atoms with Crippen molar-refractivity contribution in [3.63, 3.8) is 0 Å². The van der Waals surface area contributed by atoms with Gasteiger partial charge in [0.1, 0.15) is 18.1 Å². The van der Waals surface area contributed by atoms with Crippen LogP contribution in [0.2, 0.25) is 0 Å². The van der Waals surface area contributed by atoms with E-state index in [1.54, 1.807) is 36.8 Å². The van der Waals surface area contributed by atoms with Crippen LogP contribution in [0.5, 0.6) is 5.75 Å². The SMILES string of the molecule is COC(=O)Cn1c(=NC(=O)CSCC(=O)Nc2cc(C)on2)sc2cc(OC)ccc21. The minimum atomic E-state index is -0.460. The number of fused-ring (bicyclic) bond motifs is 1. The maximum absolute atomic E-state index is 12.4. The van der Waals surface area contributed by atoms with Gasteiger partial charge in [0.05, 0.1) is 35.9 Å². The standard InChI is InChI=1S/C19H20N4O6S2/c1-11-6-15(22-29-11)20-16(24)9-30-10-17(25)21-19-23(8-18(26)28-3)13-5-4-12(27-2)7-14(13)31-19/h4-7H,8-10H2,1-3H3,(H,20,22,24). The van der Waals surface area contributed by atoms with Gasteiger partial charge in [-0.2, -0.15) is 4.99 Å². The Balaban J connectivity index is 1.70. The van der Waals surface area contributed by atoms with Crippen molar-refractivity contribution in [2.45, 2.75) is 13.5 Å². The molecule has 1 aromatic carbocycles. The molecular weight excluding hydrogens is 444 g/mol. The van der Waals surface area contributed by atoms with E-state index < -0.39 is 11.9 Å². The van der Waals surface area contributed by atoms with Gasteiger partial charge in [0.2, 0.25) is 5.91 Å². The minimum absolute atomic E-state index is 0.00105. The molecule has 1 N–H and O–H groups in total. The molecule has 0 saturated heterocycles. The van der Waals surface area contributed by atoms with Crippen molar-refractivity contribution in [2.75, 3.05) is 31.0 Å². The number of methoxy groups -OCH3 is 2. The minimum Gasteiger partial charge on any atom is -0.497 e. The zero-order valence-corrected chi connectivity index (χ0v) is 18.7. The monoisotopic (exact) mass is 464 g/mol. The first-order valence-corrected chi connectivity index (χ1v) is 11.0.